The third-order valence-corrected chi connectivity index (χ3v) is 7.89. The number of hydrogen-bond donors (Lipinski definition) is 1. The maximum Gasteiger partial charge on any atom is 0.231 e. The summed E-state index contributed by atoms with van der Waals surface area (Å²) in [5, 5.41) is 3.64. The molecule has 1 N–H and O–H groups in total. The van der Waals surface area contributed by atoms with Gasteiger partial charge >= 0.3 is 0 Å². The van der Waals surface area contributed by atoms with Crippen molar-refractivity contribution in [2.24, 2.45) is 11.8 Å². The molecule has 1 unspecified atom stereocenters. The van der Waals surface area contributed by atoms with Crippen LogP contribution >= 0.6 is 11.3 Å². The van der Waals surface area contributed by atoms with Gasteiger partial charge in [-0.25, -0.2) is 4.98 Å². The highest BCUT2D eigenvalue weighted by atomic mass is 32.1. The van der Waals surface area contributed by atoms with E-state index in [2.05, 4.69) is 35.1 Å². The molecule has 1 aromatic heterocycles. The number of carbonyl (C=O) groups is 2. The van der Waals surface area contributed by atoms with Gasteiger partial charge in [-0.15, -0.1) is 11.3 Å². The van der Waals surface area contributed by atoms with Gasteiger partial charge < -0.3 is 10.2 Å². The van der Waals surface area contributed by atoms with E-state index in [9.17, 15) is 9.59 Å². The van der Waals surface area contributed by atoms with Crippen molar-refractivity contribution in [1.82, 2.24) is 9.88 Å². The number of anilines is 2. The van der Waals surface area contributed by atoms with Crippen LogP contribution in [0.5, 0.6) is 0 Å². The number of thiazole rings is 1. The highest BCUT2D eigenvalue weighted by Crippen LogP contribution is 2.33. The van der Waals surface area contributed by atoms with Gasteiger partial charge in [0.1, 0.15) is 0 Å². The molecule has 2 aromatic rings. The van der Waals surface area contributed by atoms with E-state index >= 15 is 0 Å². The van der Waals surface area contributed by atoms with Crippen LogP contribution in [-0.2, 0) is 22.6 Å². The molecule has 6 nitrogen and oxygen atoms in total. The molecule has 4 rings (SSSR count). The third-order valence-electron chi connectivity index (χ3n) is 6.83. The Morgan fingerprint density at radius 2 is 2.00 bits per heavy atom. The van der Waals surface area contributed by atoms with Crippen LogP contribution in [-0.4, -0.2) is 41.3 Å². The Bertz CT molecular complexity index is 994. The number of rotatable bonds is 6. The van der Waals surface area contributed by atoms with Gasteiger partial charge in [0.2, 0.25) is 11.8 Å². The summed E-state index contributed by atoms with van der Waals surface area (Å²) in [5.41, 5.74) is 4.18. The number of benzene rings is 1. The molecule has 2 amide bonds. The van der Waals surface area contributed by atoms with E-state index in [0.717, 1.165) is 54.5 Å². The molecule has 0 radical (unpaired) electrons. The molecule has 2 aliphatic rings. The minimum atomic E-state index is -0.358. The van der Waals surface area contributed by atoms with Crippen molar-refractivity contribution >= 4 is 34.0 Å². The van der Waals surface area contributed by atoms with Crippen molar-refractivity contribution in [3.63, 3.8) is 0 Å². The molecule has 1 aromatic carbocycles. The standard InChI is InChI=1S/C25H34N4O2S/c1-5-19-8-6-7-17(3)23(19)29-14-20(13-22(29)30)24(31)27-25-26-18(4)21(32-25)15-28-11-9-16(2)10-12-28/h6-8,16,20H,5,9-15H2,1-4H3,(H,26,27,31). The molecule has 1 atom stereocenters. The van der Waals surface area contributed by atoms with E-state index < -0.39 is 0 Å². The molecule has 0 spiro atoms. The molecular weight excluding hydrogens is 420 g/mol. The van der Waals surface area contributed by atoms with Gasteiger partial charge in [0.25, 0.3) is 0 Å². The van der Waals surface area contributed by atoms with Crippen LogP contribution in [0.25, 0.3) is 0 Å². The quantitative estimate of drug-likeness (QED) is 0.696. The van der Waals surface area contributed by atoms with Crippen LogP contribution in [0.4, 0.5) is 10.8 Å². The van der Waals surface area contributed by atoms with Gasteiger partial charge in [-0.3, -0.25) is 14.5 Å². The second-order valence-corrected chi connectivity index (χ2v) is 10.4. The summed E-state index contributed by atoms with van der Waals surface area (Å²) in [6.07, 6.45) is 3.59. The molecule has 0 bridgehead atoms. The number of nitrogens with zero attached hydrogens (tertiary/aromatic N) is 3. The molecule has 2 fully saturated rings. The van der Waals surface area contributed by atoms with E-state index in [4.69, 9.17) is 0 Å². The Kier molecular flexibility index (Phi) is 6.96. The summed E-state index contributed by atoms with van der Waals surface area (Å²) in [5.74, 6) is 0.359. The first-order chi connectivity index (χ1) is 15.4. The van der Waals surface area contributed by atoms with E-state index in [-0.39, 0.29) is 24.2 Å². The lowest BCUT2D eigenvalue weighted by atomic mass is 9.99. The predicted octanol–water partition coefficient (Wildman–Crippen LogP) is 4.55. The minimum absolute atomic E-state index is 0.0180. The first-order valence-corrected chi connectivity index (χ1v) is 12.6. The van der Waals surface area contributed by atoms with Crippen LogP contribution in [0.2, 0.25) is 0 Å². The monoisotopic (exact) mass is 454 g/mol. The predicted molar refractivity (Wildman–Crippen MR) is 130 cm³/mol. The fourth-order valence-electron chi connectivity index (χ4n) is 4.75. The largest absolute Gasteiger partial charge is 0.311 e. The number of hydrogen-bond acceptors (Lipinski definition) is 5. The lowest BCUT2D eigenvalue weighted by Crippen LogP contribution is -2.32. The van der Waals surface area contributed by atoms with E-state index in [1.807, 2.05) is 26.0 Å². The second kappa shape index (κ2) is 9.71. The summed E-state index contributed by atoms with van der Waals surface area (Å²) < 4.78 is 0. The van der Waals surface area contributed by atoms with Gasteiger partial charge in [0, 0.05) is 30.1 Å². The van der Waals surface area contributed by atoms with Gasteiger partial charge in [-0.05, 0) is 63.2 Å². The van der Waals surface area contributed by atoms with Crippen molar-refractivity contribution in [3.05, 3.63) is 39.9 Å². The zero-order valence-electron chi connectivity index (χ0n) is 19.6. The SMILES string of the molecule is CCc1cccc(C)c1N1CC(C(=O)Nc2nc(C)c(CN3CCC(C)CC3)s2)CC1=O. The number of para-hydroxylation sites is 1. The highest BCUT2D eigenvalue weighted by Gasteiger charge is 2.36. The fraction of sp³-hybridized carbons (Fsp3) is 0.560. The summed E-state index contributed by atoms with van der Waals surface area (Å²) in [7, 11) is 0. The molecule has 2 saturated heterocycles. The molecule has 7 heteroatoms. The smallest absolute Gasteiger partial charge is 0.231 e. The number of nitrogens with one attached hydrogen (secondary N) is 1. The fourth-order valence-corrected chi connectivity index (χ4v) is 5.76. The topological polar surface area (TPSA) is 65.5 Å². The molecular formula is C25H34N4O2S. The second-order valence-electron chi connectivity index (χ2n) is 9.32. The highest BCUT2D eigenvalue weighted by molar-refractivity contribution is 7.15. The number of carbonyl (C=O) groups excluding carboxylic acids is 2. The average molecular weight is 455 g/mol. The van der Waals surface area contributed by atoms with Crippen LogP contribution < -0.4 is 10.2 Å². The van der Waals surface area contributed by atoms with Crippen molar-refractivity contribution in [1.29, 1.82) is 0 Å². The lowest BCUT2D eigenvalue weighted by Gasteiger charge is -2.29. The van der Waals surface area contributed by atoms with Crippen molar-refractivity contribution in [2.75, 3.05) is 29.9 Å². The molecule has 0 aliphatic carbocycles. The maximum atomic E-state index is 13.0. The van der Waals surface area contributed by atoms with Crippen LogP contribution in [0.3, 0.4) is 0 Å². The normalized spacial score (nSPS) is 20.2. The Morgan fingerprint density at radius 1 is 1.25 bits per heavy atom. The number of piperidine rings is 1. The number of amides is 2. The van der Waals surface area contributed by atoms with Gasteiger partial charge in [-0.1, -0.05) is 32.0 Å². The Hall–Kier alpha value is -2.25. The molecule has 32 heavy (non-hydrogen) atoms. The molecule has 0 saturated carbocycles. The number of aryl methyl sites for hydroxylation is 3. The Balaban J connectivity index is 1.40. The summed E-state index contributed by atoms with van der Waals surface area (Å²) in [6, 6.07) is 6.11. The van der Waals surface area contributed by atoms with Gasteiger partial charge in [-0.2, -0.15) is 0 Å². The Labute approximate surface area is 195 Å². The van der Waals surface area contributed by atoms with Crippen LogP contribution in [0.15, 0.2) is 18.2 Å². The first-order valence-electron chi connectivity index (χ1n) is 11.7. The lowest BCUT2D eigenvalue weighted by molar-refractivity contribution is -0.122. The molecule has 172 valence electrons. The number of likely N-dealkylation sites (tertiary alicyclic amines) is 1. The van der Waals surface area contributed by atoms with Crippen LogP contribution in [0.1, 0.15) is 54.8 Å². The number of aromatic nitrogens is 1. The van der Waals surface area contributed by atoms with E-state index in [1.54, 1.807) is 16.2 Å². The summed E-state index contributed by atoms with van der Waals surface area (Å²) in [6.45, 7) is 12.0. The average Bonchev–Trinajstić information content (AvgIpc) is 3.31. The third kappa shape index (κ3) is 4.89. The maximum absolute atomic E-state index is 13.0. The minimum Gasteiger partial charge on any atom is -0.311 e. The van der Waals surface area contributed by atoms with Gasteiger partial charge in [0.15, 0.2) is 5.13 Å². The van der Waals surface area contributed by atoms with Crippen molar-refractivity contribution in [2.45, 2.75) is 59.9 Å². The summed E-state index contributed by atoms with van der Waals surface area (Å²) >= 11 is 1.56. The first kappa shape index (κ1) is 22.9. The molecule has 3 heterocycles. The van der Waals surface area contributed by atoms with E-state index in [0.29, 0.717) is 11.7 Å². The Morgan fingerprint density at radius 3 is 2.72 bits per heavy atom. The summed E-state index contributed by atoms with van der Waals surface area (Å²) in [4.78, 5) is 35.9. The zero-order chi connectivity index (χ0) is 22.8. The van der Waals surface area contributed by atoms with Crippen molar-refractivity contribution < 1.29 is 9.59 Å². The zero-order valence-corrected chi connectivity index (χ0v) is 20.4. The van der Waals surface area contributed by atoms with E-state index in [1.165, 1.54) is 17.7 Å². The molecule has 2 aliphatic heterocycles. The van der Waals surface area contributed by atoms with Gasteiger partial charge in [0.05, 0.1) is 11.6 Å². The van der Waals surface area contributed by atoms with Crippen molar-refractivity contribution in [3.8, 4) is 0 Å². The van der Waals surface area contributed by atoms with Crippen LogP contribution in [0, 0.1) is 25.7 Å².